The number of rotatable bonds is 6. The Morgan fingerprint density at radius 1 is 1.12 bits per heavy atom. The number of carbonyl (C=O) groups is 2. The summed E-state index contributed by atoms with van der Waals surface area (Å²) in [6.07, 6.45) is 3.92. The summed E-state index contributed by atoms with van der Waals surface area (Å²) >= 11 is 3.33. The molecule has 0 atom stereocenters. The van der Waals surface area contributed by atoms with Crippen molar-refractivity contribution in [3.8, 4) is 0 Å². The van der Waals surface area contributed by atoms with E-state index in [4.69, 9.17) is 5.21 Å². The summed E-state index contributed by atoms with van der Waals surface area (Å²) < 4.78 is 0.685. The molecule has 0 saturated carbocycles. The van der Waals surface area contributed by atoms with E-state index in [1.165, 1.54) is 12.3 Å². The van der Waals surface area contributed by atoms with Crippen molar-refractivity contribution in [2.75, 3.05) is 5.48 Å². The van der Waals surface area contributed by atoms with Gasteiger partial charge in [-0.05, 0) is 35.9 Å². The van der Waals surface area contributed by atoms with Gasteiger partial charge < -0.3 is 0 Å². The largest absolute Gasteiger partial charge is 0.309 e. The number of amides is 2. The van der Waals surface area contributed by atoms with Crippen molar-refractivity contribution in [3.05, 3.63) is 74.6 Å². The lowest BCUT2D eigenvalue weighted by Crippen LogP contribution is -2.17. The zero-order chi connectivity index (χ0) is 18.9. The van der Waals surface area contributed by atoms with Gasteiger partial charge in [0.15, 0.2) is 0 Å². The quantitative estimate of drug-likeness (QED) is 0.288. The van der Waals surface area contributed by atoms with E-state index in [1.54, 1.807) is 42.5 Å². The summed E-state index contributed by atoms with van der Waals surface area (Å²) in [6.45, 7) is 0. The molecule has 2 aromatic rings. The Hall–Kier alpha value is -3.17. The molecule has 0 aliphatic carbocycles. The minimum absolute atomic E-state index is 0.373. The lowest BCUT2D eigenvalue weighted by molar-refractivity contribution is -0.113. The predicted molar refractivity (Wildman–Crippen MR) is 101 cm³/mol. The van der Waals surface area contributed by atoms with Gasteiger partial charge in [0.1, 0.15) is 0 Å². The molecule has 0 fully saturated rings. The van der Waals surface area contributed by atoms with E-state index in [9.17, 15) is 14.5 Å². The van der Waals surface area contributed by atoms with E-state index >= 15 is 0 Å². The monoisotopic (exact) mass is 416 g/mol. The lowest BCUT2D eigenvalue weighted by Gasteiger charge is -2.03. The highest BCUT2D eigenvalue weighted by molar-refractivity contribution is 9.10. The van der Waals surface area contributed by atoms with Crippen LogP contribution in [-0.2, 0) is 4.79 Å². The summed E-state index contributed by atoms with van der Waals surface area (Å²) in [4.78, 5) is 32.8. The van der Waals surface area contributed by atoms with Gasteiger partial charge in [-0.2, -0.15) is 5.10 Å². The molecule has 0 heterocycles. The number of hydrogen-bond donors (Lipinski definition) is 3. The predicted octanol–water partition coefficient (Wildman–Crippen LogP) is 3.32. The maximum absolute atomic E-state index is 12.0. The number of benzene rings is 2. The average Bonchev–Trinajstić information content (AvgIpc) is 2.67. The molecule has 2 rings (SSSR count). The Balaban J connectivity index is 1.98. The van der Waals surface area contributed by atoms with Gasteiger partial charge in [0, 0.05) is 26.9 Å². The van der Waals surface area contributed by atoms with Crippen molar-refractivity contribution in [3.63, 3.8) is 0 Å². The average molecular weight is 417 g/mol. The molecule has 0 aliphatic heterocycles. The molecular formula is C17H13BrN4O4. The van der Waals surface area contributed by atoms with E-state index in [0.29, 0.717) is 26.9 Å². The number of anilines is 1. The van der Waals surface area contributed by atoms with Crippen LogP contribution in [0.3, 0.4) is 0 Å². The molecule has 26 heavy (non-hydrogen) atoms. The Bertz CT molecular complexity index is 879. The number of hydrogen-bond acceptors (Lipinski definition) is 6. The van der Waals surface area contributed by atoms with Crippen LogP contribution in [0.25, 0.3) is 6.08 Å². The summed E-state index contributed by atoms with van der Waals surface area (Å²) in [5.41, 5.74) is 6.66. The number of halogens is 1. The highest BCUT2D eigenvalue weighted by Crippen LogP contribution is 2.19. The maximum atomic E-state index is 12.0. The third-order valence-corrected chi connectivity index (χ3v) is 3.87. The Labute approximate surface area is 156 Å². The van der Waals surface area contributed by atoms with E-state index in [2.05, 4.69) is 31.6 Å². The number of carbonyl (C=O) groups excluding carboxylic acids is 2. The van der Waals surface area contributed by atoms with Gasteiger partial charge in [-0.3, -0.25) is 20.3 Å². The van der Waals surface area contributed by atoms with Crippen LogP contribution in [0.1, 0.15) is 21.5 Å². The van der Waals surface area contributed by atoms with E-state index < -0.39 is 11.8 Å². The van der Waals surface area contributed by atoms with Crippen LogP contribution in [-0.4, -0.2) is 23.2 Å². The number of nitroso groups, excluding NO2 is 1. The van der Waals surface area contributed by atoms with Gasteiger partial charge in [0.05, 0.1) is 11.9 Å². The first-order chi connectivity index (χ1) is 12.5. The Kier molecular flexibility index (Phi) is 6.89. The fraction of sp³-hybridized carbons (Fsp3) is 0. The highest BCUT2D eigenvalue weighted by atomic mass is 79.9. The third-order valence-electron chi connectivity index (χ3n) is 3.18. The smallest absolute Gasteiger partial charge is 0.291 e. The van der Waals surface area contributed by atoms with Crippen LogP contribution >= 0.6 is 15.9 Å². The lowest BCUT2D eigenvalue weighted by atomic mass is 10.1. The SMILES string of the molecule is O=NC(=O)C=Cc1ccc(C(=O)NN=Cc2ccc(NO)cc2Br)cc1. The topological polar surface area (TPSA) is 120 Å². The number of hydrazone groups is 1. The van der Waals surface area contributed by atoms with Crippen LogP contribution in [0.15, 0.2) is 63.3 Å². The van der Waals surface area contributed by atoms with Gasteiger partial charge >= 0.3 is 5.91 Å². The number of nitrogens with one attached hydrogen (secondary N) is 2. The molecule has 0 aliphatic rings. The zero-order valence-corrected chi connectivity index (χ0v) is 14.8. The summed E-state index contributed by atoms with van der Waals surface area (Å²) in [5, 5.41) is 15.0. The van der Waals surface area contributed by atoms with Crippen molar-refractivity contribution < 1.29 is 14.8 Å². The molecule has 2 aromatic carbocycles. The van der Waals surface area contributed by atoms with Gasteiger partial charge in [-0.25, -0.2) is 5.43 Å². The van der Waals surface area contributed by atoms with Crippen LogP contribution in [0.2, 0.25) is 0 Å². The van der Waals surface area contributed by atoms with Crippen molar-refractivity contribution in [2.24, 2.45) is 10.3 Å². The summed E-state index contributed by atoms with van der Waals surface area (Å²) in [7, 11) is 0. The summed E-state index contributed by atoms with van der Waals surface area (Å²) in [6, 6.07) is 11.3. The third kappa shape index (κ3) is 5.43. The van der Waals surface area contributed by atoms with Crippen molar-refractivity contribution in [1.29, 1.82) is 0 Å². The van der Waals surface area contributed by atoms with Crippen molar-refractivity contribution in [1.82, 2.24) is 5.43 Å². The molecular weight excluding hydrogens is 404 g/mol. The van der Waals surface area contributed by atoms with Crippen molar-refractivity contribution in [2.45, 2.75) is 0 Å². The molecule has 2 amide bonds. The normalized spacial score (nSPS) is 10.8. The summed E-state index contributed by atoms with van der Waals surface area (Å²) in [5.74, 6) is -1.29. The van der Waals surface area contributed by atoms with Crippen LogP contribution in [0.4, 0.5) is 5.69 Å². The number of nitrogens with zero attached hydrogens (tertiary/aromatic N) is 2. The van der Waals surface area contributed by atoms with Gasteiger partial charge in [0.25, 0.3) is 5.91 Å². The standard InChI is InChI=1S/C17H13BrN4O4/c18-15-9-14(21-25)7-6-13(15)10-19-20-17(24)12-4-1-11(2-5-12)3-8-16(23)22-26/h1-10,21,25H,(H,20,24). The molecule has 0 aromatic heterocycles. The first-order valence-corrected chi connectivity index (χ1v) is 8.01. The van der Waals surface area contributed by atoms with E-state index in [0.717, 1.165) is 6.08 Å². The minimum Gasteiger partial charge on any atom is -0.291 e. The fourth-order valence-electron chi connectivity index (χ4n) is 1.87. The van der Waals surface area contributed by atoms with Crippen molar-refractivity contribution >= 4 is 45.7 Å². The van der Waals surface area contributed by atoms with Crippen LogP contribution in [0.5, 0.6) is 0 Å². The molecule has 0 spiro atoms. The second-order valence-electron chi connectivity index (χ2n) is 4.93. The maximum Gasteiger partial charge on any atom is 0.309 e. The molecule has 0 bridgehead atoms. The molecule has 8 nitrogen and oxygen atoms in total. The fourth-order valence-corrected chi connectivity index (χ4v) is 2.35. The Morgan fingerprint density at radius 2 is 1.85 bits per heavy atom. The minimum atomic E-state index is -0.880. The van der Waals surface area contributed by atoms with Gasteiger partial charge in [0.2, 0.25) is 0 Å². The molecule has 132 valence electrons. The molecule has 9 heteroatoms. The highest BCUT2D eigenvalue weighted by Gasteiger charge is 2.04. The second-order valence-corrected chi connectivity index (χ2v) is 5.79. The van der Waals surface area contributed by atoms with Gasteiger partial charge in [-0.15, -0.1) is 4.91 Å². The van der Waals surface area contributed by atoms with E-state index in [1.807, 2.05) is 5.48 Å². The Morgan fingerprint density at radius 3 is 2.46 bits per heavy atom. The zero-order valence-electron chi connectivity index (χ0n) is 13.2. The van der Waals surface area contributed by atoms with Crippen LogP contribution in [0, 0.1) is 4.91 Å². The second kappa shape index (κ2) is 9.35. The first-order valence-electron chi connectivity index (χ1n) is 7.22. The van der Waals surface area contributed by atoms with Gasteiger partial charge in [-0.1, -0.05) is 34.1 Å². The molecule has 0 unspecified atom stereocenters. The molecule has 3 N–H and O–H groups in total. The van der Waals surface area contributed by atoms with Crippen LogP contribution < -0.4 is 10.9 Å². The van der Waals surface area contributed by atoms with E-state index in [-0.39, 0.29) is 0 Å². The first kappa shape index (κ1) is 19.2. The molecule has 0 saturated heterocycles. The molecule has 0 radical (unpaired) electrons.